The maximum Gasteiger partial charge on any atom is 0.306 e. The molecule has 3 aliphatic carbocycles. The van der Waals surface area contributed by atoms with Gasteiger partial charge in [-0.1, -0.05) is 47.6 Å². The SMILES string of the molecule is CC[C@H]1CCC[C@H](O[C@H]2CC[C@H](N(C)C)C(C)O2)[C@@H](C)C(=O)C2=C[C@H]3[C@@H]4C[C@H](OC(O)C(OC)C(OC)C(OC)C(C)C)C[C@H]4c4sc(C(C)C)nc4[C@H]3[C@@H]2CC(=O)O1. The monoisotopic (exact) mass is 847 g/mol. The van der Waals surface area contributed by atoms with Crippen molar-refractivity contribution >= 4 is 23.1 Å². The largest absolute Gasteiger partial charge is 0.462 e. The van der Waals surface area contributed by atoms with Crippen molar-refractivity contribution in [3.05, 3.63) is 27.2 Å². The van der Waals surface area contributed by atoms with Gasteiger partial charge < -0.3 is 43.2 Å². The summed E-state index contributed by atoms with van der Waals surface area (Å²) >= 11 is 1.76. The lowest BCUT2D eigenvalue weighted by atomic mass is 9.67. The van der Waals surface area contributed by atoms with E-state index < -0.39 is 24.4 Å². The second-order valence-corrected chi connectivity index (χ2v) is 19.9. The summed E-state index contributed by atoms with van der Waals surface area (Å²) in [6.45, 7) is 14.6. The van der Waals surface area contributed by atoms with Gasteiger partial charge in [0.25, 0.3) is 0 Å². The van der Waals surface area contributed by atoms with Crippen LogP contribution in [0, 0.1) is 29.6 Å². The van der Waals surface area contributed by atoms with Crippen molar-refractivity contribution in [1.82, 2.24) is 9.88 Å². The van der Waals surface area contributed by atoms with E-state index >= 15 is 4.79 Å². The van der Waals surface area contributed by atoms with Crippen LogP contribution in [0.3, 0.4) is 0 Å². The number of allylic oxidation sites excluding steroid dienone is 2. The number of thiazole rings is 1. The predicted molar refractivity (Wildman–Crippen MR) is 226 cm³/mol. The van der Waals surface area contributed by atoms with E-state index in [0.29, 0.717) is 30.9 Å². The maximum atomic E-state index is 15.1. The van der Waals surface area contributed by atoms with Crippen molar-refractivity contribution < 1.29 is 47.9 Å². The number of hydrogen-bond donors (Lipinski definition) is 1. The van der Waals surface area contributed by atoms with Crippen LogP contribution >= 0.6 is 11.3 Å². The zero-order valence-corrected chi connectivity index (χ0v) is 38.6. The molecule has 6 rings (SSSR count). The van der Waals surface area contributed by atoms with Crippen LogP contribution in [0.25, 0.3) is 0 Å². The number of carbonyl (C=O) groups is 2. The second-order valence-electron chi connectivity index (χ2n) is 18.9. The van der Waals surface area contributed by atoms with Gasteiger partial charge in [0.1, 0.15) is 18.3 Å². The van der Waals surface area contributed by atoms with Gasteiger partial charge in [0.2, 0.25) is 0 Å². The Hall–Kier alpha value is -1.81. The van der Waals surface area contributed by atoms with E-state index in [4.69, 9.17) is 38.1 Å². The highest BCUT2D eigenvalue weighted by Crippen LogP contribution is 2.62. The van der Waals surface area contributed by atoms with Gasteiger partial charge in [0.15, 0.2) is 18.4 Å². The molecule has 16 atom stereocenters. The molecule has 3 heterocycles. The lowest BCUT2D eigenvalue weighted by Gasteiger charge is -2.40. The van der Waals surface area contributed by atoms with Gasteiger partial charge in [-0.15, -0.1) is 11.3 Å². The molecule has 1 N–H and O–H groups in total. The van der Waals surface area contributed by atoms with E-state index in [2.05, 4.69) is 52.8 Å². The number of aliphatic hydroxyl groups excluding tert-OH is 1. The number of hydrogen-bond acceptors (Lipinski definition) is 13. The Morgan fingerprint density at radius 2 is 1.66 bits per heavy atom. The maximum absolute atomic E-state index is 15.1. The average Bonchev–Trinajstić information content (AvgIpc) is 3.91. The van der Waals surface area contributed by atoms with Crippen molar-refractivity contribution in [2.24, 2.45) is 29.6 Å². The van der Waals surface area contributed by atoms with Crippen LogP contribution in [0.4, 0.5) is 0 Å². The third-order valence-electron chi connectivity index (χ3n) is 14.3. The molecular formula is C46H74N2O10S. The molecule has 13 heteroatoms. The van der Waals surface area contributed by atoms with Crippen molar-refractivity contribution in [2.45, 2.75) is 185 Å². The summed E-state index contributed by atoms with van der Waals surface area (Å²) in [5.74, 6) is -0.617. The molecule has 1 aromatic heterocycles. The van der Waals surface area contributed by atoms with Crippen LogP contribution in [0.15, 0.2) is 11.6 Å². The number of nitrogens with zero attached hydrogens (tertiary/aromatic N) is 2. The van der Waals surface area contributed by atoms with Crippen molar-refractivity contribution in [3.8, 4) is 0 Å². The number of ether oxygens (including phenoxy) is 7. The molecule has 0 aromatic carbocycles. The van der Waals surface area contributed by atoms with Crippen LogP contribution < -0.4 is 0 Å². The minimum Gasteiger partial charge on any atom is -0.462 e. The number of Topliss-reactive ketones (excluding diaryl/α,β-unsaturated/α-hetero) is 1. The first kappa shape index (κ1) is 46.7. The number of rotatable bonds is 14. The smallest absolute Gasteiger partial charge is 0.306 e. The summed E-state index contributed by atoms with van der Waals surface area (Å²) in [6, 6.07) is 0.314. The zero-order valence-electron chi connectivity index (χ0n) is 37.8. The first-order valence-electron chi connectivity index (χ1n) is 22.5. The standard InChI is InChI=1S/C46H74N2O10S/c1-13-27-15-14-16-35(58-37-18-17-34(48(8)9)26(7)55-37)25(6)40(50)32-21-30-29-19-28(57-46(51)43(54-12)42(53-11)41(52-10)23(2)3)20-33(29)44-39(47-45(59-44)24(4)5)38(30)31(32)22-36(49)56-27/h21,23-31,33-35,37-38,41-43,46,51H,13-20,22H2,1-12H3/t25-,26?,27+,28+,29+,30+,31-,33-,34+,35+,37+,38-,41?,42?,43?,46?/m1/s1. The molecule has 0 amide bonds. The highest BCUT2D eigenvalue weighted by molar-refractivity contribution is 7.12. The van der Waals surface area contributed by atoms with E-state index in [1.165, 1.54) is 4.88 Å². The Morgan fingerprint density at radius 1 is 0.949 bits per heavy atom. The van der Waals surface area contributed by atoms with Gasteiger partial charge in [-0.05, 0) is 95.7 Å². The summed E-state index contributed by atoms with van der Waals surface area (Å²) in [6.07, 6.45) is 4.24. The summed E-state index contributed by atoms with van der Waals surface area (Å²) in [4.78, 5) is 37.7. The number of fused-ring (bicyclic) bond motifs is 8. The third-order valence-corrected chi connectivity index (χ3v) is 15.8. The summed E-state index contributed by atoms with van der Waals surface area (Å²) in [7, 11) is 8.97. The fourth-order valence-electron chi connectivity index (χ4n) is 11.1. The average molecular weight is 847 g/mol. The first-order chi connectivity index (χ1) is 28.1. The van der Waals surface area contributed by atoms with E-state index in [1.54, 1.807) is 32.7 Å². The van der Waals surface area contributed by atoms with Crippen LogP contribution in [0.1, 0.15) is 140 Å². The molecule has 1 aromatic rings. The molecule has 334 valence electrons. The fraction of sp³-hybridized carbons (Fsp3) is 0.848. The quantitative estimate of drug-likeness (QED) is 0.148. The number of aromatic nitrogens is 1. The number of ketones is 1. The Morgan fingerprint density at radius 3 is 2.27 bits per heavy atom. The fourth-order valence-corrected chi connectivity index (χ4v) is 12.5. The van der Waals surface area contributed by atoms with Crippen molar-refractivity contribution in [1.29, 1.82) is 0 Å². The Balaban J connectivity index is 1.32. The molecule has 2 saturated heterocycles. The topological polar surface area (TPSA) is 135 Å². The Kier molecular flexibility index (Phi) is 15.9. The van der Waals surface area contributed by atoms with Crippen molar-refractivity contribution in [2.75, 3.05) is 35.4 Å². The number of cyclic esters (lactones) is 1. The molecular weight excluding hydrogens is 773 g/mol. The molecule has 1 saturated carbocycles. The van der Waals surface area contributed by atoms with E-state index in [1.807, 2.05) is 20.8 Å². The van der Waals surface area contributed by atoms with E-state index in [0.717, 1.165) is 42.8 Å². The molecule has 5 aliphatic rings. The lowest BCUT2D eigenvalue weighted by Crippen LogP contribution is -2.50. The number of esters is 1. The zero-order chi connectivity index (χ0) is 42.9. The highest BCUT2D eigenvalue weighted by atomic mass is 32.1. The van der Waals surface area contributed by atoms with Crippen LogP contribution in [-0.2, 0) is 42.7 Å². The van der Waals surface area contributed by atoms with Crippen LogP contribution in [0.2, 0.25) is 0 Å². The predicted octanol–water partition coefficient (Wildman–Crippen LogP) is 7.38. The molecule has 0 bridgehead atoms. The van der Waals surface area contributed by atoms with Gasteiger partial charge in [-0.2, -0.15) is 0 Å². The molecule has 0 spiro atoms. The van der Waals surface area contributed by atoms with Gasteiger partial charge in [-0.3, -0.25) is 9.59 Å². The number of carbonyl (C=O) groups excluding carboxylic acids is 2. The van der Waals surface area contributed by atoms with E-state index in [9.17, 15) is 9.90 Å². The van der Waals surface area contributed by atoms with E-state index in [-0.39, 0.29) is 96.4 Å². The number of likely N-dealkylation sites (N-methyl/N-ethyl adjacent to an activating group) is 1. The number of aliphatic hydroxyl groups is 1. The second kappa shape index (κ2) is 20.1. The molecule has 12 nitrogen and oxygen atoms in total. The summed E-state index contributed by atoms with van der Waals surface area (Å²) < 4.78 is 43.4. The molecule has 59 heavy (non-hydrogen) atoms. The van der Waals surface area contributed by atoms with Gasteiger partial charge in [0.05, 0.1) is 41.5 Å². The Bertz CT molecular complexity index is 1600. The van der Waals surface area contributed by atoms with Gasteiger partial charge in [0, 0.05) is 61.8 Å². The minimum absolute atomic E-state index is 0.00958. The van der Waals surface area contributed by atoms with Crippen molar-refractivity contribution in [3.63, 3.8) is 0 Å². The summed E-state index contributed by atoms with van der Waals surface area (Å²) in [5, 5.41) is 12.7. The normalized spacial score (nSPS) is 36.2. The molecule has 2 aliphatic heterocycles. The number of methoxy groups -OCH3 is 3. The first-order valence-corrected chi connectivity index (χ1v) is 23.3. The minimum atomic E-state index is -1.25. The van der Waals surface area contributed by atoms with Gasteiger partial charge in [-0.25, -0.2) is 4.98 Å². The molecule has 3 fully saturated rings. The van der Waals surface area contributed by atoms with Gasteiger partial charge >= 0.3 is 5.97 Å². The molecule has 0 radical (unpaired) electrons. The molecule has 5 unspecified atom stereocenters. The highest BCUT2D eigenvalue weighted by Gasteiger charge is 2.56. The lowest BCUT2D eigenvalue weighted by molar-refractivity contribution is -0.236. The van der Waals surface area contributed by atoms with Crippen LogP contribution in [0.5, 0.6) is 0 Å². The third kappa shape index (κ3) is 9.89. The Labute approximate surface area is 357 Å². The summed E-state index contributed by atoms with van der Waals surface area (Å²) in [5.41, 5.74) is 1.71. The van der Waals surface area contributed by atoms with Crippen LogP contribution in [-0.4, -0.2) is 124 Å².